The van der Waals surface area contributed by atoms with Crippen molar-refractivity contribution in [2.75, 3.05) is 24.6 Å². The summed E-state index contributed by atoms with van der Waals surface area (Å²) in [7, 11) is -2.94. The molecule has 0 aromatic heterocycles. The average molecular weight is 260 g/mol. The Morgan fingerprint density at radius 3 is 2.71 bits per heavy atom. The maximum atomic E-state index is 11.9. The molecular formula is C11H20N2O3S. The summed E-state index contributed by atoms with van der Waals surface area (Å²) in [5.41, 5.74) is 0. The molecule has 0 spiro atoms. The van der Waals surface area contributed by atoms with Gasteiger partial charge in [-0.05, 0) is 32.2 Å². The van der Waals surface area contributed by atoms with Gasteiger partial charge in [0, 0.05) is 12.6 Å². The van der Waals surface area contributed by atoms with E-state index in [4.69, 9.17) is 0 Å². The Balaban J connectivity index is 1.85. The molecule has 5 nitrogen and oxygen atoms in total. The third-order valence-electron chi connectivity index (χ3n) is 3.48. The molecule has 2 atom stereocenters. The molecule has 0 saturated carbocycles. The lowest BCUT2D eigenvalue weighted by Gasteiger charge is -2.27. The second-order valence-corrected chi connectivity index (χ2v) is 7.23. The first-order valence-electron chi connectivity index (χ1n) is 6.28. The summed E-state index contributed by atoms with van der Waals surface area (Å²) in [6.07, 6.45) is 3.36. The SMILES string of the molecule is O=C(NC1CCCS(=O)(=O)C1)[C@H]1CCCNC1. The summed E-state index contributed by atoms with van der Waals surface area (Å²) in [5, 5.41) is 6.08. The lowest BCUT2D eigenvalue weighted by molar-refractivity contribution is -0.126. The molecule has 0 radical (unpaired) electrons. The van der Waals surface area contributed by atoms with Gasteiger partial charge in [-0.3, -0.25) is 4.79 Å². The van der Waals surface area contributed by atoms with Crippen LogP contribution in [0.3, 0.4) is 0 Å². The minimum absolute atomic E-state index is 0.00776. The highest BCUT2D eigenvalue weighted by molar-refractivity contribution is 7.91. The molecule has 2 N–H and O–H groups in total. The lowest BCUT2D eigenvalue weighted by atomic mass is 9.98. The van der Waals surface area contributed by atoms with Gasteiger partial charge in [-0.15, -0.1) is 0 Å². The number of nitrogens with one attached hydrogen (secondary N) is 2. The standard InChI is InChI=1S/C11H20N2O3S/c14-11(9-3-1-5-12-7-9)13-10-4-2-6-17(15,16)8-10/h9-10,12H,1-8H2,(H,13,14)/t9-,10?/m0/s1. The molecule has 1 unspecified atom stereocenters. The topological polar surface area (TPSA) is 75.3 Å². The largest absolute Gasteiger partial charge is 0.352 e. The molecular weight excluding hydrogens is 240 g/mol. The molecule has 2 rings (SSSR count). The zero-order valence-corrected chi connectivity index (χ0v) is 10.8. The smallest absolute Gasteiger partial charge is 0.224 e. The van der Waals surface area contributed by atoms with E-state index in [0.717, 1.165) is 25.8 Å². The van der Waals surface area contributed by atoms with Gasteiger partial charge in [0.25, 0.3) is 0 Å². The van der Waals surface area contributed by atoms with Crippen LogP contribution in [0.1, 0.15) is 25.7 Å². The summed E-state index contributed by atoms with van der Waals surface area (Å²) in [5.74, 6) is 0.399. The number of sulfone groups is 1. The van der Waals surface area contributed by atoms with E-state index in [1.165, 1.54) is 0 Å². The average Bonchev–Trinajstić information content (AvgIpc) is 2.29. The van der Waals surface area contributed by atoms with Crippen LogP contribution in [0, 0.1) is 5.92 Å². The molecule has 0 aliphatic carbocycles. The van der Waals surface area contributed by atoms with Crippen LogP contribution in [0.5, 0.6) is 0 Å². The number of carbonyl (C=O) groups excluding carboxylic acids is 1. The van der Waals surface area contributed by atoms with Crippen LogP contribution >= 0.6 is 0 Å². The highest BCUT2D eigenvalue weighted by Gasteiger charge is 2.28. The van der Waals surface area contributed by atoms with Crippen LogP contribution in [-0.4, -0.2) is 45.0 Å². The summed E-state index contributed by atoms with van der Waals surface area (Å²) < 4.78 is 22.9. The molecule has 0 aromatic carbocycles. The van der Waals surface area contributed by atoms with Crippen molar-refractivity contribution in [2.45, 2.75) is 31.7 Å². The van der Waals surface area contributed by atoms with Crippen molar-refractivity contribution in [3.8, 4) is 0 Å². The van der Waals surface area contributed by atoms with E-state index in [2.05, 4.69) is 10.6 Å². The van der Waals surface area contributed by atoms with Gasteiger partial charge in [0.1, 0.15) is 0 Å². The Labute approximate surface area is 102 Å². The molecule has 17 heavy (non-hydrogen) atoms. The van der Waals surface area contributed by atoms with Crippen molar-refractivity contribution < 1.29 is 13.2 Å². The third kappa shape index (κ3) is 3.67. The van der Waals surface area contributed by atoms with Gasteiger partial charge in [0.05, 0.1) is 17.4 Å². The predicted octanol–water partition coefficient (Wildman–Crippen LogP) is -0.321. The van der Waals surface area contributed by atoms with Crippen LogP contribution in [0.25, 0.3) is 0 Å². The fraction of sp³-hybridized carbons (Fsp3) is 0.909. The monoisotopic (exact) mass is 260 g/mol. The number of hydrogen-bond donors (Lipinski definition) is 2. The summed E-state index contributed by atoms with van der Waals surface area (Å²) in [6, 6.07) is -0.178. The zero-order chi connectivity index (χ0) is 12.3. The predicted molar refractivity (Wildman–Crippen MR) is 65.4 cm³/mol. The number of rotatable bonds is 2. The third-order valence-corrected chi connectivity index (χ3v) is 5.30. The van der Waals surface area contributed by atoms with Gasteiger partial charge in [0.2, 0.25) is 5.91 Å². The molecule has 2 aliphatic rings. The molecule has 98 valence electrons. The van der Waals surface area contributed by atoms with E-state index in [0.29, 0.717) is 13.0 Å². The highest BCUT2D eigenvalue weighted by Crippen LogP contribution is 2.14. The second kappa shape index (κ2) is 5.35. The van der Waals surface area contributed by atoms with E-state index in [9.17, 15) is 13.2 Å². The van der Waals surface area contributed by atoms with Crippen LogP contribution in [-0.2, 0) is 14.6 Å². The van der Waals surface area contributed by atoms with Crippen molar-refractivity contribution in [3.05, 3.63) is 0 Å². The van der Waals surface area contributed by atoms with E-state index in [1.54, 1.807) is 0 Å². The number of carbonyl (C=O) groups is 1. The molecule has 0 aromatic rings. The molecule has 0 bridgehead atoms. The van der Waals surface area contributed by atoms with Crippen molar-refractivity contribution >= 4 is 15.7 Å². The fourth-order valence-electron chi connectivity index (χ4n) is 2.53. The fourth-order valence-corrected chi connectivity index (χ4v) is 4.17. The van der Waals surface area contributed by atoms with Crippen molar-refractivity contribution in [3.63, 3.8) is 0 Å². The van der Waals surface area contributed by atoms with Crippen molar-refractivity contribution in [1.29, 1.82) is 0 Å². The zero-order valence-electron chi connectivity index (χ0n) is 9.94. The van der Waals surface area contributed by atoms with Crippen LogP contribution in [0.2, 0.25) is 0 Å². The Bertz CT molecular complexity index is 374. The summed E-state index contributed by atoms with van der Waals surface area (Å²) in [6.45, 7) is 1.69. The number of hydrogen-bond acceptors (Lipinski definition) is 4. The Morgan fingerprint density at radius 1 is 1.24 bits per heavy atom. The maximum absolute atomic E-state index is 11.9. The minimum atomic E-state index is -2.94. The molecule has 6 heteroatoms. The summed E-state index contributed by atoms with van der Waals surface area (Å²) in [4.78, 5) is 11.9. The van der Waals surface area contributed by atoms with E-state index in [-0.39, 0.29) is 29.4 Å². The first-order chi connectivity index (χ1) is 8.07. The second-order valence-electron chi connectivity index (χ2n) is 5.01. The highest BCUT2D eigenvalue weighted by atomic mass is 32.2. The van der Waals surface area contributed by atoms with Gasteiger partial charge in [-0.2, -0.15) is 0 Å². The van der Waals surface area contributed by atoms with Gasteiger partial charge >= 0.3 is 0 Å². The Hall–Kier alpha value is -0.620. The maximum Gasteiger partial charge on any atom is 0.224 e. The van der Waals surface area contributed by atoms with Gasteiger partial charge in [-0.1, -0.05) is 0 Å². The molecule has 1 amide bonds. The van der Waals surface area contributed by atoms with E-state index >= 15 is 0 Å². The van der Waals surface area contributed by atoms with Crippen molar-refractivity contribution in [1.82, 2.24) is 10.6 Å². The minimum Gasteiger partial charge on any atom is -0.352 e. The Morgan fingerprint density at radius 2 is 2.06 bits per heavy atom. The van der Waals surface area contributed by atoms with Crippen LogP contribution in [0.4, 0.5) is 0 Å². The molecule has 2 heterocycles. The molecule has 2 fully saturated rings. The normalized spacial score (nSPS) is 32.9. The lowest BCUT2D eigenvalue weighted by Crippen LogP contribution is -2.48. The van der Waals surface area contributed by atoms with Gasteiger partial charge in [-0.25, -0.2) is 8.42 Å². The van der Waals surface area contributed by atoms with Gasteiger partial charge in [0.15, 0.2) is 9.84 Å². The molecule has 2 saturated heterocycles. The van der Waals surface area contributed by atoms with Crippen LogP contribution in [0.15, 0.2) is 0 Å². The first-order valence-corrected chi connectivity index (χ1v) is 8.10. The van der Waals surface area contributed by atoms with Crippen LogP contribution < -0.4 is 10.6 Å². The first kappa shape index (κ1) is 12.8. The summed E-state index contributed by atoms with van der Waals surface area (Å²) >= 11 is 0. The van der Waals surface area contributed by atoms with E-state index < -0.39 is 9.84 Å². The number of amides is 1. The quantitative estimate of drug-likeness (QED) is 0.713. The van der Waals surface area contributed by atoms with Gasteiger partial charge < -0.3 is 10.6 Å². The number of piperidine rings is 1. The Kier molecular flexibility index (Phi) is 4.04. The van der Waals surface area contributed by atoms with E-state index in [1.807, 2.05) is 0 Å². The molecule has 2 aliphatic heterocycles. The van der Waals surface area contributed by atoms with Crippen molar-refractivity contribution in [2.24, 2.45) is 5.92 Å².